The number of carbonyl (C=O) groups excluding carboxylic acids is 3. The van der Waals surface area contributed by atoms with Gasteiger partial charge in [-0.3, -0.25) is 23.4 Å². The summed E-state index contributed by atoms with van der Waals surface area (Å²) in [4.78, 5) is 46.7. The molecule has 1 unspecified atom stereocenters. The highest BCUT2D eigenvalue weighted by atomic mass is 31.2. The number of phosphoric acid groups is 1. The molecule has 0 bridgehead atoms. The molecule has 3 atom stereocenters. The lowest BCUT2D eigenvalue weighted by Gasteiger charge is -2.20. The van der Waals surface area contributed by atoms with Crippen LogP contribution in [-0.4, -0.2) is 71.5 Å². The first-order chi connectivity index (χ1) is 27.1. The van der Waals surface area contributed by atoms with Crippen molar-refractivity contribution in [3.05, 3.63) is 72.9 Å². The number of aliphatic hydroxyl groups is 2. The number of ether oxygens (including phenoxy) is 2. The molecule has 0 rings (SSSR count). The van der Waals surface area contributed by atoms with Gasteiger partial charge in [0.05, 0.1) is 19.8 Å². The minimum absolute atomic E-state index is 0.118. The van der Waals surface area contributed by atoms with Crippen LogP contribution in [0.4, 0.5) is 0 Å². The summed E-state index contributed by atoms with van der Waals surface area (Å²) in [7, 11) is -4.65. The summed E-state index contributed by atoms with van der Waals surface area (Å²) >= 11 is 0. The van der Waals surface area contributed by atoms with Crippen molar-refractivity contribution in [2.45, 2.75) is 161 Å². The van der Waals surface area contributed by atoms with Crippen LogP contribution in [-0.2, 0) is 37.5 Å². The third-order valence-corrected chi connectivity index (χ3v) is 9.26. The summed E-state index contributed by atoms with van der Waals surface area (Å²) in [5.74, 6) is -0.903. The molecule has 0 radical (unpaired) electrons. The molecule has 11 nitrogen and oxygen atoms in total. The summed E-state index contributed by atoms with van der Waals surface area (Å²) in [6.07, 6.45) is 40.0. The SMILES string of the molecule is CCCCC/C=C\C/C=C\C/C=C\C/C=C\CCCC(=O)OC[C@H](COP(=O)(O)OC[C@@H](O)CO)OC(=O)CCCCCCC/C=C\C=C\C(=O)CCCCC. The standard InChI is InChI=1S/C44H73O11P/c1-3-5-7-8-9-10-11-12-13-14-15-16-17-20-23-26-30-34-43(48)52-38-42(39-54-56(50,51)53-37-41(47)36-45)55-44(49)35-31-27-24-21-18-19-22-25-29-33-40(46)32-28-6-4-2/h9-10,12-13,15-16,20,22-23,25,29,33,41-42,45,47H,3-8,11,14,17-19,21,24,26-28,30-32,34-39H2,1-2H3,(H,50,51)/b10-9-,13-12-,16-15-,23-20-,25-22-,33-29+/t41-,42+/m0/s1. The zero-order valence-corrected chi connectivity index (χ0v) is 35.2. The number of unbranched alkanes of at least 4 members (excludes halogenated alkanes) is 11. The Hall–Kier alpha value is -2.92. The highest BCUT2D eigenvalue weighted by Crippen LogP contribution is 2.43. The number of ketones is 1. The van der Waals surface area contributed by atoms with E-state index in [9.17, 15) is 28.9 Å². The highest BCUT2D eigenvalue weighted by molar-refractivity contribution is 7.47. The van der Waals surface area contributed by atoms with E-state index in [0.717, 1.165) is 77.0 Å². The summed E-state index contributed by atoms with van der Waals surface area (Å²) in [6.45, 7) is 2.06. The van der Waals surface area contributed by atoms with Gasteiger partial charge in [0.25, 0.3) is 0 Å². The minimum atomic E-state index is -4.65. The van der Waals surface area contributed by atoms with Crippen LogP contribution >= 0.6 is 7.82 Å². The third kappa shape index (κ3) is 38.0. The van der Waals surface area contributed by atoms with Crippen molar-refractivity contribution in [2.24, 2.45) is 0 Å². The Balaban J connectivity index is 4.50. The molecule has 56 heavy (non-hydrogen) atoms. The molecule has 0 aromatic carbocycles. The Morgan fingerprint density at radius 3 is 1.77 bits per heavy atom. The van der Waals surface area contributed by atoms with Gasteiger partial charge in [-0.05, 0) is 76.7 Å². The summed E-state index contributed by atoms with van der Waals surface area (Å²) < 4.78 is 32.5. The van der Waals surface area contributed by atoms with Gasteiger partial charge in [0.1, 0.15) is 12.7 Å². The number of hydrogen-bond acceptors (Lipinski definition) is 10. The molecule has 0 spiro atoms. The van der Waals surface area contributed by atoms with Crippen molar-refractivity contribution >= 4 is 25.5 Å². The van der Waals surface area contributed by atoms with Crippen molar-refractivity contribution in [2.75, 3.05) is 26.4 Å². The van der Waals surface area contributed by atoms with Gasteiger partial charge >= 0.3 is 19.8 Å². The number of carbonyl (C=O) groups is 3. The number of esters is 2. The second-order valence-electron chi connectivity index (χ2n) is 13.7. The summed E-state index contributed by atoms with van der Waals surface area (Å²) in [5, 5.41) is 18.3. The lowest BCUT2D eigenvalue weighted by molar-refractivity contribution is -0.161. The van der Waals surface area contributed by atoms with Gasteiger partial charge < -0.3 is 24.6 Å². The predicted octanol–water partition coefficient (Wildman–Crippen LogP) is 10.1. The maximum atomic E-state index is 12.6. The van der Waals surface area contributed by atoms with Crippen LogP contribution in [0, 0.1) is 0 Å². The number of phosphoric ester groups is 1. The normalized spacial score (nSPS) is 14.5. The molecule has 0 aromatic rings. The largest absolute Gasteiger partial charge is 0.472 e. The van der Waals surface area contributed by atoms with Crippen molar-refractivity contribution in [1.29, 1.82) is 0 Å². The zero-order chi connectivity index (χ0) is 41.4. The summed E-state index contributed by atoms with van der Waals surface area (Å²) in [6, 6.07) is 0. The Morgan fingerprint density at radius 2 is 1.11 bits per heavy atom. The smallest absolute Gasteiger partial charge is 0.462 e. The van der Waals surface area contributed by atoms with E-state index in [-0.39, 0.29) is 25.2 Å². The Morgan fingerprint density at radius 1 is 0.589 bits per heavy atom. The second kappa shape index (κ2) is 38.9. The highest BCUT2D eigenvalue weighted by Gasteiger charge is 2.27. The predicted molar refractivity (Wildman–Crippen MR) is 224 cm³/mol. The van der Waals surface area contributed by atoms with E-state index in [4.69, 9.17) is 19.1 Å². The molecule has 320 valence electrons. The minimum Gasteiger partial charge on any atom is -0.462 e. The zero-order valence-electron chi connectivity index (χ0n) is 34.3. The van der Waals surface area contributed by atoms with Gasteiger partial charge in [0.2, 0.25) is 0 Å². The van der Waals surface area contributed by atoms with E-state index < -0.39 is 51.8 Å². The van der Waals surface area contributed by atoms with E-state index in [1.165, 1.54) is 19.3 Å². The Kier molecular flexibility index (Phi) is 36.9. The molecule has 0 aliphatic heterocycles. The van der Waals surface area contributed by atoms with Crippen LogP contribution < -0.4 is 0 Å². The van der Waals surface area contributed by atoms with E-state index in [2.05, 4.69) is 54.8 Å². The number of hydrogen-bond donors (Lipinski definition) is 3. The molecule has 3 N–H and O–H groups in total. The first-order valence-electron chi connectivity index (χ1n) is 20.8. The summed E-state index contributed by atoms with van der Waals surface area (Å²) in [5.41, 5.74) is 0. The second-order valence-corrected chi connectivity index (χ2v) is 15.1. The monoisotopic (exact) mass is 808 g/mol. The molecular weight excluding hydrogens is 735 g/mol. The first-order valence-corrected chi connectivity index (χ1v) is 22.3. The van der Waals surface area contributed by atoms with Crippen LogP contribution in [0.3, 0.4) is 0 Å². The van der Waals surface area contributed by atoms with Crippen molar-refractivity contribution in [1.82, 2.24) is 0 Å². The molecule has 0 saturated carbocycles. The molecule has 0 saturated heterocycles. The van der Waals surface area contributed by atoms with Crippen LogP contribution in [0.2, 0.25) is 0 Å². The molecule has 0 fully saturated rings. The maximum Gasteiger partial charge on any atom is 0.472 e. The van der Waals surface area contributed by atoms with Crippen LogP contribution in [0.15, 0.2) is 72.9 Å². The lowest BCUT2D eigenvalue weighted by atomic mass is 10.1. The molecule has 0 heterocycles. The Labute approximate surface area is 337 Å². The number of rotatable bonds is 38. The van der Waals surface area contributed by atoms with E-state index >= 15 is 0 Å². The lowest BCUT2D eigenvalue weighted by Crippen LogP contribution is -2.29. The fraction of sp³-hybridized carbons (Fsp3) is 0.659. The van der Waals surface area contributed by atoms with Gasteiger partial charge in [-0.1, -0.05) is 126 Å². The van der Waals surface area contributed by atoms with Crippen LogP contribution in [0.5, 0.6) is 0 Å². The van der Waals surface area contributed by atoms with Crippen molar-refractivity contribution < 1.29 is 52.6 Å². The molecule has 12 heteroatoms. The molecule has 0 aromatic heterocycles. The fourth-order valence-electron chi connectivity index (χ4n) is 5.02. The molecule has 0 aliphatic carbocycles. The first kappa shape index (κ1) is 53.1. The average Bonchev–Trinajstić information content (AvgIpc) is 3.18. The van der Waals surface area contributed by atoms with E-state index in [1.54, 1.807) is 12.2 Å². The average molecular weight is 809 g/mol. The van der Waals surface area contributed by atoms with Gasteiger partial charge in [0.15, 0.2) is 11.9 Å². The van der Waals surface area contributed by atoms with E-state index in [1.807, 2.05) is 24.3 Å². The van der Waals surface area contributed by atoms with Gasteiger partial charge in [-0.2, -0.15) is 0 Å². The topological polar surface area (TPSA) is 166 Å². The van der Waals surface area contributed by atoms with Crippen LogP contribution in [0.1, 0.15) is 149 Å². The third-order valence-electron chi connectivity index (χ3n) is 8.31. The maximum absolute atomic E-state index is 12.6. The Bertz CT molecular complexity index is 1220. The number of aliphatic hydroxyl groups excluding tert-OH is 2. The molecule has 0 amide bonds. The van der Waals surface area contributed by atoms with E-state index in [0.29, 0.717) is 25.7 Å². The molecular formula is C44H73O11P. The quantitative estimate of drug-likeness (QED) is 0.0136. The van der Waals surface area contributed by atoms with Gasteiger partial charge in [0, 0.05) is 19.3 Å². The number of allylic oxidation sites excluding steroid dienone is 12. The van der Waals surface area contributed by atoms with Crippen molar-refractivity contribution in [3.8, 4) is 0 Å². The van der Waals surface area contributed by atoms with Gasteiger partial charge in [-0.15, -0.1) is 0 Å². The fourth-order valence-corrected chi connectivity index (χ4v) is 5.81. The van der Waals surface area contributed by atoms with Crippen LogP contribution in [0.25, 0.3) is 0 Å². The van der Waals surface area contributed by atoms with Gasteiger partial charge in [-0.25, -0.2) is 4.57 Å². The van der Waals surface area contributed by atoms with Crippen molar-refractivity contribution in [3.63, 3.8) is 0 Å². The molecule has 0 aliphatic rings.